The Hall–Kier alpha value is -1.17. The first-order valence-electron chi connectivity index (χ1n) is 11.8. The van der Waals surface area contributed by atoms with Gasteiger partial charge in [0.15, 0.2) is 11.8 Å². The average Bonchev–Trinajstić information content (AvgIpc) is 3.43. The molecule has 0 radical (unpaired) electrons. The second-order valence-electron chi connectivity index (χ2n) is 8.44. The van der Waals surface area contributed by atoms with Crippen molar-refractivity contribution in [1.29, 1.82) is 0 Å². The van der Waals surface area contributed by atoms with Crippen molar-refractivity contribution in [3.8, 4) is 0 Å². The second-order valence-corrected chi connectivity index (χ2v) is 8.44. The minimum Gasteiger partial charge on any atom is -1.00 e. The fourth-order valence-electron chi connectivity index (χ4n) is 4.51. The van der Waals surface area contributed by atoms with Crippen LogP contribution in [0, 0.1) is 0 Å². The van der Waals surface area contributed by atoms with Gasteiger partial charge in [0.05, 0.1) is 6.42 Å². The normalized spacial score (nSPS) is 22.8. The van der Waals surface area contributed by atoms with Crippen LogP contribution in [0.15, 0.2) is 58.5 Å². The Morgan fingerprint density at radius 1 is 0.676 bits per heavy atom. The van der Waals surface area contributed by atoms with Crippen LogP contribution < -0.4 is 34.0 Å². The second kappa shape index (κ2) is 14.4. The van der Waals surface area contributed by atoms with Crippen LogP contribution in [0.1, 0.15) is 81.3 Å². The summed E-state index contributed by atoms with van der Waals surface area (Å²) in [7, 11) is 0. The first-order chi connectivity index (χ1) is 15.1. The molecular weight excluding hydrogens is 603 g/mol. The van der Waals surface area contributed by atoms with Crippen molar-refractivity contribution in [2.75, 3.05) is 0 Å². The molecule has 0 fully saturated rings. The predicted octanol–water partition coefficient (Wildman–Crippen LogP) is 0.404. The van der Waals surface area contributed by atoms with Gasteiger partial charge in [0.2, 0.25) is 0 Å². The van der Waals surface area contributed by atoms with E-state index in [4.69, 9.17) is 19.5 Å². The third-order valence-electron chi connectivity index (χ3n) is 6.35. The molecule has 0 saturated carbocycles. The van der Waals surface area contributed by atoms with Crippen molar-refractivity contribution in [1.82, 2.24) is 0 Å². The van der Waals surface area contributed by atoms with Gasteiger partial charge in [-0.25, -0.2) is 9.98 Å². The number of aryl methyl sites for hydroxylation is 2. The Morgan fingerprint density at radius 3 is 1.44 bits per heavy atom. The molecule has 0 aliphatic carbocycles. The van der Waals surface area contributed by atoms with Crippen molar-refractivity contribution >= 4 is 11.8 Å². The summed E-state index contributed by atoms with van der Waals surface area (Å²) in [6.07, 6.45) is 4.57. The third kappa shape index (κ3) is 6.95. The van der Waals surface area contributed by atoms with Gasteiger partial charge in [0, 0.05) is 0 Å². The van der Waals surface area contributed by atoms with E-state index in [2.05, 4.69) is 76.2 Å². The van der Waals surface area contributed by atoms with Gasteiger partial charge in [-0.05, 0) is 47.9 Å². The van der Waals surface area contributed by atoms with Gasteiger partial charge in [0.25, 0.3) is 0 Å². The van der Waals surface area contributed by atoms with Gasteiger partial charge in [-0.2, -0.15) is 0 Å². The van der Waals surface area contributed by atoms with Crippen molar-refractivity contribution in [3.05, 3.63) is 70.8 Å². The van der Waals surface area contributed by atoms with Gasteiger partial charge in [-0.3, -0.25) is 0 Å². The Balaban J connectivity index is 0.00000193. The van der Waals surface area contributed by atoms with Crippen molar-refractivity contribution in [2.45, 2.75) is 84.1 Å². The summed E-state index contributed by atoms with van der Waals surface area (Å²) >= 11 is 0. The van der Waals surface area contributed by atoms with Crippen LogP contribution in [-0.4, -0.2) is 24.0 Å². The number of benzene rings is 2. The topological polar surface area (TPSA) is 43.2 Å². The summed E-state index contributed by atoms with van der Waals surface area (Å²) in [5.41, 5.74) is 5.14. The molecular formula is C27H34Br2N2NiO2. The molecule has 2 aliphatic rings. The standard InChI is InChI=1S/C27H34N2O2.2BrH.Ni/c1-5-18-11-9-13-20(15-18)26-22(7-3)30-24(28-26)17-25-29-27(23(8-4)31-25)21-14-10-12-19(6-2)16-21;;;/h9-16,22-23,26-27H,5-8,17H2,1-4H3;2*1H;/q;;;+2/p-2/t22?,23?,26-,27-;;;/m1.../s1. The Labute approximate surface area is 235 Å². The van der Waals surface area contributed by atoms with E-state index >= 15 is 0 Å². The first kappa shape index (κ1) is 30.9. The molecule has 2 aliphatic heterocycles. The van der Waals surface area contributed by atoms with Crippen LogP contribution in [0.3, 0.4) is 0 Å². The minimum atomic E-state index is 0. The van der Waals surface area contributed by atoms with Gasteiger partial charge in [0.1, 0.15) is 24.3 Å². The number of aliphatic imine (C=N–C) groups is 2. The first-order valence-corrected chi connectivity index (χ1v) is 11.8. The molecule has 0 saturated heterocycles. The zero-order chi connectivity index (χ0) is 21.8. The largest absolute Gasteiger partial charge is 2.00 e. The fourth-order valence-corrected chi connectivity index (χ4v) is 4.51. The smallest absolute Gasteiger partial charge is 1.00 e. The Kier molecular flexibility index (Phi) is 13.1. The number of ether oxygens (including phenoxy) is 2. The quantitative estimate of drug-likeness (QED) is 0.394. The van der Waals surface area contributed by atoms with Crippen molar-refractivity contribution in [3.63, 3.8) is 0 Å². The molecule has 2 unspecified atom stereocenters. The van der Waals surface area contributed by atoms with Crippen molar-refractivity contribution in [2.24, 2.45) is 9.98 Å². The molecule has 0 aromatic heterocycles. The van der Waals surface area contributed by atoms with Crippen LogP contribution in [-0.2, 0) is 38.8 Å². The summed E-state index contributed by atoms with van der Waals surface area (Å²) in [4.78, 5) is 9.92. The monoisotopic (exact) mass is 634 g/mol. The molecule has 0 bridgehead atoms. The summed E-state index contributed by atoms with van der Waals surface area (Å²) in [6.45, 7) is 8.69. The fraction of sp³-hybridized carbons (Fsp3) is 0.481. The van der Waals surface area contributed by atoms with Gasteiger partial charge >= 0.3 is 16.5 Å². The van der Waals surface area contributed by atoms with E-state index in [1.54, 1.807) is 0 Å². The zero-order valence-electron chi connectivity index (χ0n) is 20.2. The summed E-state index contributed by atoms with van der Waals surface area (Å²) in [5.74, 6) is 1.49. The molecule has 34 heavy (non-hydrogen) atoms. The maximum Gasteiger partial charge on any atom is 2.00 e. The van der Waals surface area contributed by atoms with E-state index in [9.17, 15) is 0 Å². The molecule has 2 aromatic rings. The molecule has 2 heterocycles. The molecule has 7 heteroatoms. The Bertz CT molecular complexity index is 905. The Morgan fingerprint density at radius 2 is 1.09 bits per heavy atom. The van der Waals surface area contributed by atoms with E-state index in [0.717, 1.165) is 37.5 Å². The van der Waals surface area contributed by atoms with Gasteiger partial charge < -0.3 is 43.4 Å². The zero-order valence-corrected chi connectivity index (χ0v) is 24.4. The van der Waals surface area contributed by atoms with Crippen molar-refractivity contribution < 1.29 is 59.9 Å². The van der Waals surface area contributed by atoms with Gasteiger partial charge in [-0.15, -0.1) is 0 Å². The van der Waals surface area contributed by atoms with Crippen LogP contribution in [0.5, 0.6) is 0 Å². The maximum atomic E-state index is 6.25. The number of nitrogens with zero attached hydrogens (tertiary/aromatic N) is 2. The minimum absolute atomic E-state index is 0. The number of hydrogen-bond acceptors (Lipinski definition) is 4. The molecule has 4 rings (SSSR count). The summed E-state index contributed by atoms with van der Waals surface area (Å²) < 4.78 is 12.5. The van der Waals surface area contributed by atoms with E-state index in [0.29, 0.717) is 6.42 Å². The molecule has 2 aromatic carbocycles. The van der Waals surface area contributed by atoms with E-state index < -0.39 is 0 Å². The third-order valence-corrected chi connectivity index (χ3v) is 6.35. The average molecular weight is 637 g/mol. The molecule has 0 amide bonds. The van der Waals surface area contributed by atoms with Crippen LogP contribution in [0.4, 0.5) is 0 Å². The van der Waals surface area contributed by atoms with E-state index in [1.165, 1.54) is 22.3 Å². The van der Waals surface area contributed by atoms with Crippen LogP contribution in [0.2, 0.25) is 0 Å². The summed E-state index contributed by atoms with van der Waals surface area (Å²) in [5, 5.41) is 0. The number of halogens is 2. The molecule has 0 N–H and O–H groups in total. The number of rotatable bonds is 8. The maximum absolute atomic E-state index is 6.25. The van der Waals surface area contributed by atoms with E-state index in [1.807, 2.05) is 0 Å². The molecule has 4 atom stereocenters. The SMILES string of the molecule is CCc1cccc([C@H]2N=C(CC3=N[C@H](c4cccc(CC)c4)C(CC)O3)OC2CC)c1.[Br-].[Br-].[Ni+2]. The van der Waals surface area contributed by atoms with Gasteiger partial charge in [-0.1, -0.05) is 76.2 Å². The number of hydrogen-bond donors (Lipinski definition) is 0. The predicted molar refractivity (Wildman–Crippen MR) is 127 cm³/mol. The molecule has 188 valence electrons. The molecule has 0 spiro atoms. The summed E-state index contributed by atoms with van der Waals surface area (Å²) in [6, 6.07) is 17.5. The van der Waals surface area contributed by atoms with E-state index in [-0.39, 0.29) is 74.7 Å². The van der Waals surface area contributed by atoms with Crippen LogP contribution in [0.25, 0.3) is 0 Å². The molecule has 4 nitrogen and oxygen atoms in total. The van der Waals surface area contributed by atoms with Crippen LogP contribution >= 0.6 is 0 Å².